The zero-order valence-corrected chi connectivity index (χ0v) is 26.5. The molecule has 0 saturated carbocycles. The van der Waals surface area contributed by atoms with Crippen LogP contribution in [0.1, 0.15) is 149 Å². The molecule has 0 heterocycles. The lowest BCUT2D eigenvalue weighted by Gasteiger charge is -2.37. The molecule has 2 aromatic rings. The van der Waals surface area contributed by atoms with Crippen molar-refractivity contribution in [2.75, 3.05) is 5.32 Å². The van der Waals surface area contributed by atoms with Gasteiger partial charge in [0.05, 0.1) is 5.69 Å². The van der Waals surface area contributed by atoms with Gasteiger partial charge in [0.25, 0.3) is 0 Å². The molecule has 0 amide bonds. The lowest BCUT2D eigenvalue weighted by Crippen LogP contribution is -2.39. The Morgan fingerprint density at radius 3 is 1.35 bits per heavy atom. The molecule has 0 aliphatic rings. The number of hydrogen-bond donors (Lipinski definition) is 1. The molecule has 1 N–H and O–H groups in total. The number of benzene rings is 2. The van der Waals surface area contributed by atoms with E-state index in [4.69, 9.17) is 4.99 Å². The summed E-state index contributed by atoms with van der Waals surface area (Å²) >= 11 is 0. The topological polar surface area (TPSA) is 24.4 Å². The molecule has 0 radical (unpaired) electrons. The quantitative estimate of drug-likeness (QED) is 0.337. The Morgan fingerprint density at radius 1 is 0.649 bits per heavy atom. The number of hydrogen-bond acceptors (Lipinski definition) is 2. The third-order valence-electron chi connectivity index (χ3n) is 7.59. The first-order valence-electron chi connectivity index (χ1n) is 14.5. The summed E-state index contributed by atoms with van der Waals surface area (Å²) in [6, 6.07) is 13.8. The molecule has 2 rings (SSSR count). The van der Waals surface area contributed by atoms with Crippen molar-refractivity contribution in [2.45, 2.75) is 133 Å². The van der Waals surface area contributed by atoms with Crippen molar-refractivity contribution in [3.8, 4) is 0 Å². The van der Waals surface area contributed by atoms with E-state index in [9.17, 15) is 0 Å². The zero-order chi connectivity index (χ0) is 28.3. The first-order chi connectivity index (χ1) is 16.9. The molecule has 0 bridgehead atoms. The Balaban J connectivity index is 2.70. The van der Waals surface area contributed by atoms with E-state index in [2.05, 4.69) is 139 Å². The summed E-state index contributed by atoms with van der Waals surface area (Å²) in [4.78, 5) is 5.56. The first kappa shape index (κ1) is 31.1. The van der Waals surface area contributed by atoms with Crippen molar-refractivity contribution in [1.29, 1.82) is 0 Å². The van der Waals surface area contributed by atoms with Crippen molar-refractivity contribution in [2.24, 2.45) is 15.8 Å². The second-order valence-electron chi connectivity index (χ2n) is 14.3. The number of nitrogens with zero attached hydrogens (tertiary/aromatic N) is 1. The van der Waals surface area contributed by atoms with Crippen LogP contribution in [0.5, 0.6) is 0 Å². The van der Waals surface area contributed by atoms with Crippen LogP contribution in [0, 0.1) is 10.8 Å². The van der Waals surface area contributed by atoms with Gasteiger partial charge in [0.15, 0.2) is 0 Å². The summed E-state index contributed by atoms with van der Waals surface area (Å²) in [5.74, 6) is 1.79. The van der Waals surface area contributed by atoms with Crippen LogP contribution in [0.15, 0.2) is 41.4 Å². The van der Waals surface area contributed by atoms with Crippen LogP contribution in [0.4, 0.5) is 11.4 Å². The standard InChI is InChI=1S/C35H56N2/c1-22(2)26-17-15-18-27(23(3)4)32(26)36-30(34(9,10)11)21-31(35(12,13)14)37-33-28(24(5)6)19-16-20-29(33)25(7)8/h15-20,22-25,30,36H,21H2,1-14H3. The highest BCUT2D eigenvalue weighted by Gasteiger charge is 2.32. The number of aliphatic imine (C=N–C) groups is 1. The van der Waals surface area contributed by atoms with E-state index in [1.807, 2.05) is 0 Å². The molecule has 0 aliphatic heterocycles. The van der Waals surface area contributed by atoms with Gasteiger partial charge in [0, 0.05) is 29.3 Å². The molecule has 1 atom stereocenters. The molecule has 206 valence electrons. The Bertz CT molecular complexity index is 1000. The minimum Gasteiger partial charge on any atom is -0.381 e. The highest BCUT2D eigenvalue weighted by atomic mass is 15.0. The van der Waals surface area contributed by atoms with Gasteiger partial charge in [-0.3, -0.25) is 4.99 Å². The highest BCUT2D eigenvalue weighted by Crippen LogP contribution is 2.39. The van der Waals surface area contributed by atoms with Crippen LogP contribution < -0.4 is 5.32 Å². The van der Waals surface area contributed by atoms with Crippen molar-refractivity contribution >= 4 is 17.1 Å². The largest absolute Gasteiger partial charge is 0.381 e. The third-order valence-corrected chi connectivity index (χ3v) is 7.59. The smallest absolute Gasteiger partial charge is 0.0698 e. The van der Waals surface area contributed by atoms with E-state index in [0.717, 1.165) is 6.42 Å². The summed E-state index contributed by atoms with van der Waals surface area (Å²) in [6.07, 6.45) is 0.904. The van der Waals surface area contributed by atoms with Gasteiger partial charge in [0.2, 0.25) is 0 Å². The maximum absolute atomic E-state index is 5.56. The minimum absolute atomic E-state index is 0.0397. The summed E-state index contributed by atoms with van der Waals surface area (Å²) in [7, 11) is 0. The molecule has 2 nitrogen and oxygen atoms in total. The molecular weight excluding hydrogens is 448 g/mol. The van der Waals surface area contributed by atoms with E-state index < -0.39 is 0 Å². The lowest BCUT2D eigenvalue weighted by atomic mass is 9.77. The number of nitrogens with one attached hydrogen (secondary N) is 1. The van der Waals surface area contributed by atoms with Crippen molar-refractivity contribution in [3.63, 3.8) is 0 Å². The van der Waals surface area contributed by atoms with Crippen molar-refractivity contribution in [1.82, 2.24) is 0 Å². The van der Waals surface area contributed by atoms with E-state index in [1.54, 1.807) is 0 Å². The molecule has 0 aliphatic carbocycles. The molecule has 2 aromatic carbocycles. The van der Waals surface area contributed by atoms with Gasteiger partial charge in [-0.25, -0.2) is 0 Å². The normalized spacial score (nSPS) is 14.3. The number of anilines is 1. The van der Waals surface area contributed by atoms with Crippen LogP contribution in [-0.4, -0.2) is 11.8 Å². The van der Waals surface area contributed by atoms with Crippen LogP contribution in [0.3, 0.4) is 0 Å². The lowest BCUT2D eigenvalue weighted by molar-refractivity contribution is 0.341. The van der Waals surface area contributed by atoms with E-state index in [0.29, 0.717) is 23.7 Å². The fourth-order valence-electron chi connectivity index (χ4n) is 4.95. The van der Waals surface area contributed by atoms with Gasteiger partial charge < -0.3 is 5.32 Å². The van der Waals surface area contributed by atoms with Gasteiger partial charge in [-0.05, 0) is 51.3 Å². The van der Waals surface area contributed by atoms with Crippen LogP contribution in [0.25, 0.3) is 0 Å². The third kappa shape index (κ3) is 7.95. The van der Waals surface area contributed by atoms with Gasteiger partial charge in [-0.15, -0.1) is 0 Å². The van der Waals surface area contributed by atoms with E-state index >= 15 is 0 Å². The maximum Gasteiger partial charge on any atom is 0.0698 e. The van der Waals surface area contributed by atoms with Gasteiger partial charge in [-0.2, -0.15) is 0 Å². The molecule has 0 saturated heterocycles. The SMILES string of the molecule is CC(C)c1cccc(C(C)C)c1N=C(CC(Nc1c(C(C)C)cccc1C(C)C)C(C)(C)C)C(C)(C)C. The molecule has 2 heteroatoms. The van der Waals surface area contributed by atoms with Gasteiger partial charge in [0.1, 0.15) is 0 Å². The van der Waals surface area contributed by atoms with Crippen LogP contribution in [-0.2, 0) is 0 Å². The Hall–Kier alpha value is -2.09. The molecule has 0 aromatic heterocycles. The Labute approximate surface area is 229 Å². The molecule has 1 unspecified atom stereocenters. The Kier molecular flexibility index (Phi) is 10.2. The maximum atomic E-state index is 5.56. The predicted octanol–water partition coefficient (Wildman–Crippen LogP) is 11.2. The van der Waals surface area contributed by atoms with Gasteiger partial charge >= 0.3 is 0 Å². The summed E-state index contributed by atoms with van der Waals surface area (Å²) in [5, 5.41) is 4.10. The highest BCUT2D eigenvalue weighted by molar-refractivity contribution is 5.93. The van der Waals surface area contributed by atoms with Crippen molar-refractivity contribution < 1.29 is 0 Å². The minimum atomic E-state index is -0.0397. The molecule has 0 spiro atoms. The average Bonchev–Trinajstić information content (AvgIpc) is 2.75. The van der Waals surface area contributed by atoms with E-state index in [-0.39, 0.29) is 16.9 Å². The molecule has 37 heavy (non-hydrogen) atoms. The molecular formula is C35H56N2. The number of para-hydroxylation sites is 2. The van der Waals surface area contributed by atoms with Crippen LogP contribution in [0.2, 0.25) is 0 Å². The summed E-state index contributed by atoms with van der Waals surface area (Å²) in [6.45, 7) is 32.4. The van der Waals surface area contributed by atoms with Crippen molar-refractivity contribution in [3.05, 3.63) is 58.7 Å². The molecule has 0 fully saturated rings. The number of rotatable bonds is 9. The second kappa shape index (κ2) is 12.2. The van der Waals surface area contributed by atoms with E-state index in [1.165, 1.54) is 39.3 Å². The van der Waals surface area contributed by atoms with Gasteiger partial charge in [-0.1, -0.05) is 133 Å². The Morgan fingerprint density at radius 2 is 1.03 bits per heavy atom. The average molecular weight is 505 g/mol. The second-order valence-corrected chi connectivity index (χ2v) is 14.3. The summed E-state index contributed by atoms with van der Waals surface area (Å²) in [5.41, 5.74) is 9.31. The zero-order valence-electron chi connectivity index (χ0n) is 26.5. The fraction of sp³-hybridized carbons (Fsp3) is 0.629. The predicted molar refractivity (Wildman–Crippen MR) is 167 cm³/mol. The fourth-order valence-corrected chi connectivity index (χ4v) is 4.95. The summed E-state index contributed by atoms with van der Waals surface area (Å²) < 4.78 is 0. The monoisotopic (exact) mass is 504 g/mol. The van der Waals surface area contributed by atoms with Crippen LogP contribution >= 0.6 is 0 Å². The first-order valence-corrected chi connectivity index (χ1v) is 14.5.